The van der Waals surface area contributed by atoms with Crippen LogP contribution in [-0.4, -0.2) is 18.2 Å². The molecule has 1 aromatic rings. The van der Waals surface area contributed by atoms with Crippen LogP contribution in [-0.2, 0) is 5.54 Å². The van der Waals surface area contributed by atoms with Crippen molar-refractivity contribution in [2.75, 3.05) is 13.1 Å². The van der Waals surface area contributed by atoms with E-state index in [1.807, 2.05) is 18.2 Å². The predicted octanol–water partition coefficient (Wildman–Crippen LogP) is 0.539. The van der Waals surface area contributed by atoms with Gasteiger partial charge in [-0.1, -0.05) is 18.2 Å². The maximum Gasteiger partial charge on any atom is 0.120 e. The highest BCUT2D eigenvalue weighted by atomic mass is 16.3. The van der Waals surface area contributed by atoms with E-state index >= 15 is 0 Å². The molecule has 1 aliphatic heterocycles. The molecular formula is C10H14N2O. The summed E-state index contributed by atoms with van der Waals surface area (Å²) in [5.41, 5.74) is 6.44. The molecule has 3 heteroatoms. The fourth-order valence-electron chi connectivity index (χ4n) is 1.82. The van der Waals surface area contributed by atoms with Crippen molar-refractivity contribution in [3.05, 3.63) is 29.8 Å². The average molecular weight is 178 g/mol. The summed E-state index contributed by atoms with van der Waals surface area (Å²) in [5.74, 6) is 0.333. The maximum absolute atomic E-state index is 9.65. The van der Waals surface area contributed by atoms with Crippen molar-refractivity contribution in [2.24, 2.45) is 5.73 Å². The molecule has 0 aromatic heterocycles. The van der Waals surface area contributed by atoms with Gasteiger partial charge in [0.1, 0.15) is 5.75 Å². The van der Waals surface area contributed by atoms with Gasteiger partial charge in [-0.3, -0.25) is 0 Å². The Bertz CT molecular complexity index is 302. The Labute approximate surface area is 77.6 Å². The maximum atomic E-state index is 9.65. The van der Waals surface area contributed by atoms with E-state index in [0.29, 0.717) is 12.3 Å². The van der Waals surface area contributed by atoms with Crippen LogP contribution in [0, 0.1) is 0 Å². The fourth-order valence-corrected chi connectivity index (χ4v) is 1.82. The number of nitrogens with two attached hydrogens (primary N) is 1. The molecule has 1 heterocycles. The lowest BCUT2D eigenvalue weighted by Crippen LogP contribution is -2.58. The van der Waals surface area contributed by atoms with E-state index in [2.05, 4.69) is 5.32 Å². The molecule has 1 aromatic carbocycles. The van der Waals surface area contributed by atoms with Crippen LogP contribution in [0.25, 0.3) is 0 Å². The second-order valence-corrected chi connectivity index (χ2v) is 3.48. The lowest BCUT2D eigenvalue weighted by molar-refractivity contribution is 0.212. The summed E-state index contributed by atoms with van der Waals surface area (Å²) in [7, 11) is 0. The van der Waals surface area contributed by atoms with Crippen LogP contribution in [0.1, 0.15) is 12.0 Å². The van der Waals surface area contributed by atoms with Crippen molar-refractivity contribution < 1.29 is 5.11 Å². The number of para-hydroxylation sites is 1. The molecule has 0 bridgehead atoms. The van der Waals surface area contributed by atoms with Gasteiger partial charge in [0, 0.05) is 12.1 Å². The molecule has 0 aliphatic carbocycles. The van der Waals surface area contributed by atoms with Gasteiger partial charge in [-0.15, -0.1) is 0 Å². The highest BCUT2D eigenvalue weighted by Crippen LogP contribution is 2.35. The Kier molecular flexibility index (Phi) is 1.98. The summed E-state index contributed by atoms with van der Waals surface area (Å²) in [6.45, 7) is 1.51. The molecule has 1 saturated heterocycles. The summed E-state index contributed by atoms with van der Waals surface area (Å²) in [5, 5.41) is 12.9. The van der Waals surface area contributed by atoms with Crippen molar-refractivity contribution in [1.82, 2.24) is 5.32 Å². The molecule has 1 aliphatic rings. The van der Waals surface area contributed by atoms with Crippen LogP contribution in [0.4, 0.5) is 0 Å². The summed E-state index contributed by atoms with van der Waals surface area (Å²) in [6.07, 6.45) is 1.00. The SMILES string of the molecule is NCC1(c2ccccc2O)CCN1. The van der Waals surface area contributed by atoms with Gasteiger partial charge in [0.2, 0.25) is 0 Å². The summed E-state index contributed by atoms with van der Waals surface area (Å²) in [6, 6.07) is 7.37. The molecular weight excluding hydrogens is 164 g/mol. The first-order valence-electron chi connectivity index (χ1n) is 4.52. The van der Waals surface area contributed by atoms with Crippen LogP contribution < -0.4 is 11.1 Å². The van der Waals surface area contributed by atoms with Gasteiger partial charge < -0.3 is 16.2 Å². The first kappa shape index (κ1) is 8.53. The molecule has 1 atom stereocenters. The topological polar surface area (TPSA) is 58.3 Å². The van der Waals surface area contributed by atoms with Gasteiger partial charge in [0.15, 0.2) is 0 Å². The fraction of sp³-hybridized carbons (Fsp3) is 0.400. The van der Waals surface area contributed by atoms with Crippen molar-refractivity contribution in [3.63, 3.8) is 0 Å². The number of hydrogen-bond acceptors (Lipinski definition) is 3. The van der Waals surface area contributed by atoms with Crippen LogP contribution in [0.3, 0.4) is 0 Å². The Morgan fingerprint density at radius 1 is 1.46 bits per heavy atom. The number of phenolic OH excluding ortho intramolecular Hbond substituents is 1. The van der Waals surface area contributed by atoms with Crippen molar-refractivity contribution in [2.45, 2.75) is 12.0 Å². The third-order valence-electron chi connectivity index (χ3n) is 2.78. The Morgan fingerprint density at radius 2 is 2.15 bits per heavy atom. The van der Waals surface area contributed by atoms with E-state index in [4.69, 9.17) is 5.73 Å². The molecule has 1 unspecified atom stereocenters. The van der Waals surface area contributed by atoms with E-state index in [9.17, 15) is 5.11 Å². The standard InChI is InChI=1S/C10H14N2O/c11-7-10(5-6-12-10)8-3-1-2-4-9(8)13/h1-4,12-13H,5-7,11H2. The number of benzene rings is 1. The molecule has 0 radical (unpaired) electrons. The van der Waals surface area contributed by atoms with E-state index in [1.165, 1.54) is 0 Å². The third-order valence-corrected chi connectivity index (χ3v) is 2.78. The van der Waals surface area contributed by atoms with Crippen molar-refractivity contribution >= 4 is 0 Å². The molecule has 0 saturated carbocycles. The quantitative estimate of drug-likeness (QED) is 0.619. The molecule has 0 spiro atoms. The lowest BCUT2D eigenvalue weighted by Gasteiger charge is -2.43. The van der Waals surface area contributed by atoms with Crippen LogP contribution in [0.5, 0.6) is 5.75 Å². The number of rotatable bonds is 2. The second kappa shape index (κ2) is 3.01. The minimum Gasteiger partial charge on any atom is -0.508 e. The van der Waals surface area contributed by atoms with Crippen LogP contribution in [0.2, 0.25) is 0 Å². The molecule has 13 heavy (non-hydrogen) atoms. The van der Waals surface area contributed by atoms with E-state index in [1.54, 1.807) is 6.07 Å². The summed E-state index contributed by atoms with van der Waals surface area (Å²) in [4.78, 5) is 0. The average Bonchev–Trinajstić information content (AvgIpc) is 2.07. The first-order chi connectivity index (χ1) is 6.28. The molecule has 4 N–H and O–H groups in total. The van der Waals surface area contributed by atoms with Gasteiger partial charge in [0.05, 0.1) is 5.54 Å². The summed E-state index contributed by atoms with van der Waals surface area (Å²) >= 11 is 0. The monoisotopic (exact) mass is 178 g/mol. The largest absolute Gasteiger partial charge is 0.508 e. The smallest absolute Gasteiger partial charge is 0.120 e. The zero-order valence-electron chi connectivity index (χ0n) is 7.46. The molecule has 2 rings (SSSR count). The second-order valence-electron chi connectivity index (χ2n) is 3.48. The van der Waals surface area contributed by atoms with Crippen molar-refractivity contribution in [3.8, 4) is 5.75 Å². The van der Waals surface area contributed by atoms with Gasteiger partial charge in [-0.25, -0.2) is 0 Å². The number of hydrogen-bond donors (Lipinski definition) is 3. The third kappa shape index (κ3) is 1.20. The normalized spacial score (nSPS) is 26.8. The highest BCUT2D eigenvalue weighted by Gasteiger charge is 2.38. The summed E-state index contributed by atoms with van der Waals surface area (Å²) < 4.78 is 0. The van der Waals surface area contributed by atoms with E-state index < -0.39 is 0 Å². The Hall–Kier alpha value is -1.06. The zero-order chi connectivity index (χ0) is 9.31. The predicted molar refractivity (Wildman–Crippen MR) is 51.5 cm³/mol. The van der Waals surface area contributed by atoms with Gasteiger partial charge in [-0.05, 0) is 19.0 Å². The lowest BCUT2D eigenvalue weighted by atomic mass is 9.80. The number of aromatic hydroxyl groups is 1. The Balaban J connectivity index is 2.38. The van der Waals surface area contributed by atoms with Crippen LogP contribution >= 0.6 is 0 Å². The van der Waals surface area contributed by atoms with E-state index in [-0.39, 0.29) is 5.54 Å². The van der Waals surface area contributed by atoms with Gasteiger partial charge in [0.25, 0.3) is 0 Å². The minimum atomic E-state index is -0.175. The molecule has 1 fully saturated rings. The Morgan fingerprint density at radius 3 is 2.62 bits per heavy atom. The molecule has 70 valence electrons. The number of nitrogens with one attached hydrogen (secondary N) is 1. The number of phenols is 1. The van der Waals surface area contributed by atoms with Gasteiger partial charge in [-0.2, -0.15) is 0 Å². The first-order valence-corrected chi connectivity index (χ1v) is 4.52. The van der Waals surface area contributed by atoms with Crippen LogP contribution in [0.15, 0.2) is 24.3 Å². The highest BCUT2D eigenvalue weighted by molar-refractivity contribution is 5.39. The van der Waals surface area contributed by atoms with E-state index in [0.717, 1.165) is 18.5 Å². The minimum absolute atomic E-state index is 0.175. The van der Waals surface area contributed by atoms with Gasteiger partial charge >= 0.3 is 0 Å². The molecule has 0 amide bonds. The zero-order valence-corrected chi connectivity index (χ0v) is 7.46. The van der Waals surface area contributed by atoms with Crippen molar-refractivity contribution in [1.29, 1.82) is 0 Å². The molecule has 3 nitrogen and oxygen atoms in total.